The van der Waals surface area contributed by atoms with Gasteiger partial charge in [-0.15, -0.1) is 0 Å². The van der Waals surface area contributed by atoms with Crippen LogP contribution in [0.15, 0.2) is 54.7 Å². The highest BCUT2D eigenvalue weighted by Gasteiger charge is 2.41. The van der Waals surface area contributed by atoms with Crippen LogP contribution in [-0.2, 0) is 4.74 Å². The van der Waals surface area contributed by atoms with E-state index in [1.807, 2.05) is 48.7 Å². The lowest BCUT2D eigenvalue weighted by molar-refractivity contribution is 0.0697. The largest absolute Gasteiger partial charge is 0.478 e. The number of carboxylic acid groups (broad SMARTS) is 1. The molecule has 172 valence electrons. The molecule has 0 radical (unpaired) electrons. The molecule has 1 aliphatic rings. The lowest BCUT2D eigenvalue weighted by Crippen LogP contribution is -2.31. The molecule has 1 fully saturated rings. The molecule has 8 heteroatoms. The first kappa shape index (κ1) is 22.9. The number of nitrogens with zero attached hydrogens (tertiary/aromatic N) is 3. The predicted octanol–water partition coefficient (Wildman–Crippen LogP) is 4.20. The summed E-state index contributed by atoms with van der Waals surface area (Å²) in [7, 11) is 1.70. The number of para-hydroxylation sites is 1. The van der Waals surface area contributed by atoms with Gasteiger partial charge in [-0.1, -0.05) is 18.2 Å². The summed E-state index contributed by atoms with van der Waals surface area (Å²) in [5.74, 6) is -0.948. The van der Waals surface area contributed by atoms with Crippen LogP contribution in [0, 0.1) is 13.8 Å². The Kier molecular flexibility index (Phi) is 6.76. The molecular weight excluding hydrogens is 436 g/mol. The molecule has 3 aromatic rings. The van der Waals surface area contributed by atoms with Crippen LogP contribution in [-0.4, -0.2) is 50.9 Å². The number of aromatic nitrogens is 2. The third kappa shape index (κ3) is 4.36. The molecule has 0 unspecified atom stereocenters. The molecule has 2 N–H and O–H groups in total. The minimum atomic E-state index is -0.948. The quantitative estimate of drug-likeness (QED) is 0.382. The lowest BCUT2D eigenvalue weighted by atomic mass is 9.96. The van der Waals surface area contributed by atoms with Gasteiger partial charge in [-0.05, 0) is 68.4 Å². The molecule has 0 aliphatic carbocycles. The number of carbonyl (C=O) groups is 1. The Labute approximate surface area is 199 Å². The van der Waals surface area contributed by atoms with Crippen LogP contribution in [0.2, 0.25) is 0 Å². The fourth-order valence-electron chi connectivity index (χ4n) is 4.67. The maximum absolute atomic E-state index is 11.9. The smallest absolute Gasteiger partial charge is 0.337 e. The zero-order valence-corrected chi connectivity index (χ0v) is 19.8. The first-order valence-corrected chi connectivity index (χ1v) is 11.3. The molecule has 0 saturated carbocycles. The van der Waals surface area contributed by atoms with E-state index in [9.17, 15) is 9.90 Å². The summed E-state index contributed by atoms with van der Waals surface area (Å²) >= 11 is 5.74. The van der Waals surface area contributed by atoms with Crippen molar-refractivity contribution in [2.75, 3.05) is 20.3 Å². The Bertz CT molecular complexity index is 1160. The second-order valence-electron chi connectivity index (χ2n) is 8.15. The number of aromatic carboxylic acids is 1. The summed E-state index contributed by atoms with van der Waals surface area (Å²) in [6.45, 7) is 5.42. The number of rotatable bonds is 8. The van der Waals surface area contributed by atoms with Crippen LogP contribution in [0.4, 0.5) is 0 Å². The van der Waals surface area contributed by atoms with Gasteiger partial charge in [-0.3, -0.25) is 4.98 Å². The molecule has 0 amide bonds. The Morgan fingerprint density at radius 2 is 1.97 bits per heavy atom. The number of benzene rings is 1. The van der Waals surface area contributed by atoms with Crippen LogP contribution in [0.3, 0.4) is 0 Å². The summed E-state index contributed by atoms with van der Waals surface area (Å²) < 4.78 is 7.28. The number of ether oxygens (including phenoxy) is 1. The van der Waals surface area contributed by atoms with Crippen molar-refractivity contribution in [2.45, 2.75) is 32.4 Å². The van der Waals surface area contributed by atoms with Gasteiger partial charge < -0.3 is 24.6 Å². The van der Waals surface area contributed by atoms with Gasteiger partial charge in [0.25, 0.3) is 0 Å². The fourth-order valence-corrected chi connectivity index (χ4v) is 5.00. The van der Waals surface area contributed by atoms with Crippen molar-refractivity contribution < 1.29 is 14.6 Å². The molecule has 33 heavy (non-hydrogen) atoms. The van der Waals surface area contributed by atoms with Crippen molar-refractivity contribution >= 4 is 23.3 Å². The van der Waals surface area contributed by atoms with Gasteiger partial charge >= 0.3 is 5.97 Å². The number of pyridine rings is 1. The van der Waals surface area contributed by atoms with Crippen molar-refractivity contribution in [1.29, 1.82) is 0 Å². The Balaban J connectivity index is 1.83. The highest BCUT2D eigenvalue weighted by molar-refractivity contribution is 7.80. The van der Waals surface area contributed by atoms with E-state index in [0.717, 1.165) is 35.6 Å². The van der Waals surface area contributed by atoms with Gasteiger partial charge in [0.15, 0.2) is 5.11 Å². The molecule has 1 aliphatic heterocycles. The van der Waals surface area contributed by atoms with Crippen molar-refractivity contribution in [2.24, 2.45) is 0 Å². The standard InChI is InChI=1S/C25H28N4O3S/c1-16-15-19(17(2)29(16)21-11-5-4-9-18(21)24(30)31)23-22(20-10-6-7-12-26-20)27-25(33)28(23)13-8-14-32-3/h4-7,9-12,15,22-23H,8,13-14H2,1-3H3,(H,27,33)(H,30,31)/t22-,23-/m1/s1. The monoisotopic (exact) mass is 464 g/mol. The lowest BCUT2D eigenvalue weighted by Gasteiger charge is -2.28. The van der Waals surface area contributed by atoms with Gasteiger partial charge in [0.05, 0.1) is 29.0 Å². The molecule has 1 aromatic carbocycles. The van der Waals surface area contributed by atoms with E-state index in [4.69, 9.17) is 17.0 Å². The number of hydrogen-bond acceptors (Lipinski definition) is 4. The number of hydrogen-bond donors (Lipinski definition) is 2. The average Bonchev–Trinajstić information content (AvgIpc) is 3.29. The summed E-state index contributed by atoms with van der Waals surface area (Å²) in [4.78, 5) is 18.7. The van der Waals surface area contributed by atoms with Crippen LogP contribution in [0.1, 0.15) is 51.5 Å². The molecular formula is C25H28N4O3S. The Hall–Kier alpha value is -3.23. The first-order valence-electron chi connectivity index (χ1n) is 10.9. The number of aryl methyl sites for hydroxylation is 1. The van der Waals surface area contributed by atoms with Crippen molar-refractivity contribution in [3.63, 3.8) is 0 Å². The number of nitrogens with one attached hydrogen (secondary N) is 1. The van der Waals surface area contributed by atoms with E-state index in [1.165, 1.54) is 0 Å². The average molecular weight is 465 g/mol. The van der Waals surface area contributed by atoms with E-state index in [2.05, 4.69) is 21.3 Å². The second kappa shape index (κ2) is 9.72. The number of methoxy groups -OCH3 is 1. The first-order chi connectivity index (χ1) is 15.9. The fraction of sp³-hybridized carbons (Fsp3) is 0.320. The van der Waals surface area contributed by atoms with Gasteiger partial charge in [0, 0.05) is 37.8 Å². The van der Waals surface area contributed by atoms with Crippen LogP contribution in [0.25, 0.3) is 5.69 Å². The van der Waals surface area contributed by atoms with Crippen LogP contribution in [0.5, 0.6) is 0 Å². The normalized spacial score (nSPS) is 17.9. The molecule has 2 atom stereocenters. The van der Waals surface area contributed by atoms with E-state index in [-0.39, 0.29) is 17.6 Å². The molecule has 2 aromatic heterocycles. The van der Waals surface area contributed by atoms with Crippen molar-refractivity contribution in [1.82, 2.24) is 19.8 Å². The molecule has 0 spiro atoms. The maximum Gasteiger partial charge on any atom is 0.337 e. The van der Waals surface area contributed by atoms with E-state index >= 15 is 0 Å². The second-order valence-corrected chi connectivity index (χ2v) is 8.54. The van der Waals surface area contributed by atoms with Gasteiger partial charge in [0.2, 0.25) is 0 Å². The predicted molar refractivity (Wildman–Crippen MR) is 131 cm³/mol. The minimum absolute atomic E-state index is 0.0822. The minimum Gasteiger partial charge on any atom is -0.478 e. The molecule has 4 rings (SSSR count). The number of carboxylic acids is 1. The third-order valence-electron chi connectivity index (χ3n) is 6.11. The summed E-state index contributed by atoms with van der Waals surface area (Å²) in [6, 6.07) is 14.9. The third-order valence-corrected chi connectivity index (χ3v) is 6.46. The van der Waals surface area contributed by atoms with Gasteiger partial charge in [0.1, 0.15) is 0 Å². The SMILES string of the molecule is COCCCN1C(=S)N[C@H](c2ccccn2)[C@H]1c1cc(C)n(-c2ccccc2C(=O)O)c1C. The summed E-state index contributed by atoms with van der Waals surface area (Å²) in [5.41, 5.74) is 4.87. The van der Waals surface area contributed by atoms with E-state index in [0.29, 0.717) is 17.4 Å². The zero-order valence-electron chi connectivity index (χ0n) is 19.0. The Morgan fingerprint density at radius 3 is 2.67 bits per heavy atom. The topological polar surface area (TPSA) is 79.6 Å². The number of thiocarbonyl (C=S) groups is 1. The summed E-state index contributed by atoms with van der Waals surface area (Å²) in [6.07, 6.45) is 2.63. The van der Waals surface area contributed by atoms with Gasteiger partial charge in [-0.25, -0.2) is 4.79 Å². The van der Waals surface area contributed by atoms with Gasteiger partial charge in [-0.2, -0.15) is 0 Å². The maximum atomic E-state index is 11.9. The van der Waals surface area contributed by atoms with Crippen LogP contribution < -0.4 is 5.32 Å². The summed E-state index contributed by atoms with van der Waals surface area (Å²) in [5, 5.41) is 13.9. The molecule has 1 saturated heterocycles. The molecule has 0 bridgehead atoms. The Morgan fingerprint density at radius 1 is 1.21 bits per heavy atom. The van der Waals surface area contributed by atoms with E-state index < -0.39 is 5.97 Å². The molecule has 3 heterocycles. The van der Waals surface area contributed by atoms with E-state index in [1.54, 1.807) is 25.4 Å². The van der Waals surface area contributed by atoms with Crippen molar-refractivity contribution in [3.05, 3.63) is 82.9 Å². The van der Waals surface area contributed by atoms with Crippen LogP contribution >= 0.6 is 12.2 Å². The molecule has 7 nitrogen and oxygen atoms in total. The highest BCUT2D eigenvalue weighted by atomic mass is 32.1. The zero-order chi connectivity index (χ0) is 23.5. The van der Waals surface area contributed by atoms with Crippen molar-refractivity contribution in [3.8, 4) is 5.69 Å². The highest BCUT2D eigenvalue weighted by Crippen LogP contribution is 2.41.